The van der Waals surface area contributed by atoms with Crippen molar-refractivity contribution in [2.24, 2.45) is 5.73 Å². The first-order valence-electron chi connectivity index (χ1n) is 8.64. The number of hydrogen-bond acceptors (Lipinski definition) is 6. The zero-order chi connectivity index (χ0) is 18.1. The molecule has 0 saturated carbocycles. The number of hydrogen-bond donors (Lipinski definition) is 1. The van der Waals surface area contributed by atoms with E-state index < -0.39 is 5.54 Å². The standard InChI is InChI=1S/C19H21N5OS.2ClH/c1-19(20,14-5-3-2-4-6-14)18(25)24-10-8-23(9-11-24)16-15-7-12-26-17(15)22-13-21-16;;/h2-7,12-13H,8-11,20H2,1H3;2*1H. The molecule has 3 heterocycles. The number of aromatic nitrogens is 2. The van der Waals surface area contributed by atoms with Crippen LogP contribution in [0.1, 0.15) is 12.5 Å². The molecule has 0 radical (unpaired) electrons. The number of amides is 1. The van der Waals surface area contributed by atoms with E-state index >= 15 is 0 Å². The summed E-state index contributed by atoms with van der Waals surface area (Å²) in [4.78, 5) is 26.8. The van der Waals surface area contributed by atoms with E-state index in [2.05, 4.69) is 20.9 Å². The number of anilines is 1. The molecule has 1 aliphatic heterocycles. The van der Waals surface area contributed by atoms with Gasteiger partial charge in [-0.3, -0.25) is 4.79 Å². The predicted molar refractivity (Wildman–Crippen MR) is 119 cm³/mol. The van der Waals surface area contributed by atoms with Crippen molar-refractivity contribution >= 4 is 58.1 Å². The van der Waals surface area contributed by atoms with E-state index in [1.54, 1.807) is 24.6 Å². The molecule has 1 saturated heterocycles. The van der Waals surface area contributed by atoms with Crippen molar-refractivity contribution in [1.29, 1.82) is 0 Å². The first kappa shape index (κ1) is 22.4. The Morgan fingerprint density at radius 3 is 2.43 bits per heavy atom. The van der Waals surface area contributed by atoms with Crippen LogP contribution in [0.5, 0.6) is 0 Å². The van der Waals surface area contributed by atoms with Crippen LogP contribution in [-0.2, 0) is 10.3 Å². The highest BCUT2D eigenvalue weighted by molar-refractivity contribution is 7.16. The van der Waals surface area contributed by atoms with E-state index in [0.717, 1.165) is 34.7 Å². The van der Waals surface area contributed by atoms with E-state index in [-0.39, 0.29) is 30.7 Å². The van der Waals surface area contributed by atoms with Crippen molar-refractivity contribution in [3.8, 4) is 0 Å². The number of nitrogens with zero attached hydrogens (tertiary/aromatic N) is 4. The van der Waals surface area contributed by atoms with Crippen LogP contribution < -0.4 is 10.6 Å². The molecule has 28 heavy (non-hydrogen) atoms. The summed E-state index contributed by atoms with van der Waals surface area (Å²) in [5, 5.41) is 3.10. The molecule has 0 spiro atoms. The molecule has 1 unspecified atom stereocenters. The summed E-state index contributed by atoms with van der Waals surface area (Å²) in [5.41, 5.74) is 6.22. The molecular weight excluding hydrogens is 417 g/mol. The first-order chi connectivity index (χ1) is 12.6. The van der Waals surface area contributed by atoms with Crippen LogP contribution in [0.2, 0.25) is 0 Å². The predicted octanol–water partition coefficient (Wildman–Crippen LogP) is 3.06. The van der Waals surface area contributed by atoms with Gasteiger partial charge in [0.1, 0.15) is 22.5 Å². The molecule has 3 aromatic rings. The Hall–Kier alpha value is -1.93. The highest BCUT2D eigenvalue weighted by Gasteiger charge is 2.36. The largest absolute Gasteiger partial charge is 0.352 e. The number of fused-ring (bicyclic) bond motifs is 1. The van der Waals surface area contributed by atoms with E-state index in [1.807, 2.05) is 40.6 Å². The van der Waals surface area contributed by atoms with Crippen LogP contribution in [0.25, 0.3) is 10.2 Å². The Balaban J connectivity index is 0.00000140. The highest BCUT2D eigenvalue weighted by Crippen LogP contribution is 2.28. The second kappa shape index (κ2) is 9.05. The van der Waals surface area contributed by atoms with Crippen LogP contribution in [0, 0.1) is 0 Å². The van der Waals surface area contributed by atoms with Gasteiger partial charge in [0, 0.05) is 26.2 Å². The number of nitrogens with two attached hydrogens (primary N) is 1. The van der Waals surface area contributed by atoms with E-state index in [1.165, 1.54) is 0 Å². The number of piperazine rings is 1. The smallest absolute Gasteiger partial charge is 0.247 e. The third-order valence-electron chi connectivity index (χ3n) is 4.92. The van der Waals surface area contributed by atoms with Crippen molar-refractivity contribution in [2.45, 2.75) is 12.5 Å². The lowest BCUT2D eigenvalue weighted by atomic mass is 9.91. The van der Waals surface area contributed by atoms with Crippen LogP contribution >= 0.6 is 36.2 Å². The first-order valence-corrected chi connectivity index (χ1v) is 9.52. The van der Waals surface area contributed by atoms with Gasteiger partial charge in [-0.25, -0.2) is 9.97 Å². The summed E-state index contributed by atoms with van der Waals surface area (Å²) in [6.07, 6.45) is 1.61. The van der Waals surface area contributed by atoms with Gasteiger partial charge >= 0.3 is 0 Å². The number of benzene rings is 1. The molecule has 1 aromatic carbocycles. The monoisotopic (exact) mass is 439 g/mol. The minimum absolute atomic E-state index is 0. The van der Waals surface area contributed by atoms with Gasteiger partial charge < -0.3 is 15.5 Å². The molecule has 0 aliphatic carbocycles. The lowest BCUT2D eigenvalue weighted by Gasteiger charge is -2.39. The minimum atomic E-state index is -1.01. The Morgan fingerprint density at radius 1 is 1.07 bits per heavy atom. The second-order valence-corrected chi connectivity index (χ2v) is 7.58. The summed E-state index contributed by atoms with van der Waals surface area (Å²) >= 11 is 1.61. The van der Waals surface area contributed by atoms with Crippen LogP contribution in [0.4, 0.5) is 5.82 Å². The average molecular weight is 440 g/mol. The van der Waals surface area contributed by atoms with Crippen molar-refractivity contribution in [3.63, 3.8) is 0 Å². The van der Waals surface area contributed by atoms with E-state index in [4.69, 9.17) is 5.73 Å². The third kappa shape index (κ3) is 4.07. The van der Waals surface area contributed by atoms with Gasteiger partial charge in [0.05, 0.1) is 5.39 Å². The van der Waals surface area contributed by atoms with Gasteiger partial charge in [-0.1, -0.05) is 30.3 Å². The Kier molecular flexibility index (Phi) is 7.22. The fraction of sp³-hybridized carbons (Fsp3) is 0.316. The molecular formula is C19H23Cl2N5OS. The SMILES string of the molecule is CC(N)(C(=O)N1CCN(c2ncnc3sccc23)CC1)c1ccccc1.Cl.Cl. The maximum atomic E-state index is 13.0. The van der Waals surface area contributed by atoms with Gasteiger partial charge in [0.15, 0.2) is 0 Å². The Morgan fingerprint density at radius 2 is 1.75 bits per heavy atom. The van der Waals surface area contributed by atoms with Crippen LogP contribution in [0.15, 0.2) is 48.1 Å². The average Bonchev–Trinajstić information content (AvgIpc) is 3.17. The molecule has 1 aliphatic rings. The number of thiophene rings is 1. The van der Waals surface area contributed by atoms with E-state index in [0.29, 0.717) is 13.1 Å². The molecule has 2 aromatic heterocycles. The zero-order valence-corrected chi connectivity index (χ0v) is 17.9. The van der Waals surface area contributed by atoms with Gasteiger partial charge in [-0.15, -0.1) is 36.2 Å². The van der Waals surface area contributed by atoms with Crippen molar-refractivity contribution in [3.05, 3.63) is 53.7 Å². The Labute approximate surface area is 180 Å². The molecule has 4 rings (SSSR count). The molecule has 150 valence electrons. The van der Waals surface area contributed by atoms with Crippen LogP contribution in [-0.4, -0.2) is 47.0 Å². The van der Waals surface area contributed by atoms with Gasteiger partial charge in [0.2, 0.25) is 5.91 Å². The fourth-order valence-corrected chi connectivity index (χ4v) is 4.11. The fourth-order valence-electron chi connectivity index (χ4n) is 3.39. The molecule has 1 fully saturated rings. The number of halogens is 2. The minimum Gasteiger partial charge on any atom is -0.352 e. The third-order valence-corrected chi connectivity index (χ3v) is 5.75. The number of carbonyl (C=O) groups excluding carboxylic acids is 1. The molecule has 1 atom stereocenters. The highest BCUT2D eigenvalue weighted by atomic mass is 35.5. The normalized spacial score (nSPS) is 16.1. The molecule has 2 N–H and O–H groups in total. The summed E-state index contributed by atoms with van der Waals surface area (Å²) in [7, 11) is 0. The van der Waals surface area contributed by atoms with Crippen molar-refractivity contribution in [1.82, 2.24) is 14.9 Å². The molecule has 0 bridgehead atoms. The quantitative estimate of drug-likeness (QED) is 0.678. The lowest BCUT2D eigenvalue weighted by Crippen LogP contribution is -2.57. The summed E-state index contributed by atoms with van der Waals surface area (Å²) < 4.78 is 0. The van der Waals surface area contributed by atoms with Gasteiger partial charge in [-0.05, 0) is 23.9 Å². The van der Waals surface area contributed by atoms with Crippen molar-refractivity contribution < 1.29 is 4.79 Å². The summed E-state index contributed by atoms with van der Waals surface area (Å²) in [5.74, 6) is 0.911. The molecule has 1 amide bonds. The maximum Gasteiger partial charge on any atom is 0.247 e. The van der Waals surface area contributed by atoms with Crippen LogP contribution in [0.3, 0.4) is 0 Å². The topological polar surface area (TPSA) is 75.4 Å². The maximum absolute atomic E-state index is 13.0. The Bertz CT molecular complexity index is 926. The van der Waals surface area contributed by atoms with Gasteiger partial charge in [0.25, 0.3) is 0 Å². The number of carbonyl (C=O) groups is 1. The van der Waals surface area contributed by atoms with E-state index in [9.17, 15) is 4.79 Å². The lowest BCUT2D eigenvalue weighted by molar-refractivity contribution is -0.137. The van der Waals surface area contributed by atoms with Crippen molar-refractivity contribution in [2.75, 3.05) is 31.1 Å². The molecule has 6 nitrogen and oxygen atoms in total. The second-order valence-electron chi connectivity index (χ2n) is 6.68. The molecule has 9 heteroatoms. The summed E-state index contributed by atoms with van der Waals surface area (Å²) in [6.45, 7) is 4.52. The van der Waals surface area contributed by atoms with Gasteiger partial charge in [-0.2, -0.15) is 0 Å². The number of rotatable bonds is 3. The zero-order valence-electron chi connectivity index (χ0n) is 15.4. The summed E-state index contributed by atoms with van der Waals surface area (Å²) in [6, 6.07) is 11.6.